The molecule has 0 aromatic carbocycles. The summed E-state index contributed by atoms with van der Waals surface area (Å²) in [6.07, 6.45) is 9.78. The first-order valence-electron chi connectivity index (χ1n) is 7.34. The van der Waals surface area contributed by atoms with E-state index in [0.29, 0.717) is 12.0 Å². The van der Waals surface area contributed by atoms with Gasteiger partial charge in [-0.05, 0) is 31.1 Å². The van der Waals surface area contributed by atoms with Gasteiger partial charge < -0.3 is 5.32 Å². The third-order valence-electron chi connectivity index (χ3n) is 4.64. The van der Waals surface area contributed by atoms with Crippen LogP contribution >= 0.6 is 0 Å². The van der Waals surface area contributed by atoms with Crippen molar-refractivity contribution in [2.75, 3.05) is 19.6 Å². The quantitative estimate of drug-likeness (QED) is 0.437. The van der Waals surface area contributed by atoms with Crippen LogP contribution in [0.1, 0.15) is 19.3 Å². The maximum atomic E-state index is 3.84. The molecular weight excluding hydrogens is 234 g/mol. The lowest BCUT2D eigenvalue weighted by Gasteiger charge is -2.45. The molecule has 0 heterocycles. The Morgan fingerprint density at radius 1 is 0.947 bits per heavy atom. The largest absolute Gasteiger partial charge is 0.307 e. The standard InChI is InChI=1S/C16H27N3/c1-4-9-17-15-13-7-8-14(12-13)16(15,18-10-5-2)19-11-6-3/h4-6,13-15,17-19H,1-3,7-12H2. The molecular formula is C16H27N3. The smallest absolute Gasteiger partial charge is 0.0881 e. The van der Waals surface area contributed by atoms with E-state index in [1.807, 2.05) is 18.2 Å². The van der Waals surface area contributed by atoms with E-state index in [4.69, 9.17) is 0 Å². The van der Waals surface area contributed by atoms with E-state index in [9.17, 15) is 0 Å². The van der Waals surface area contributed by atoms with Gasteiger partial charge in [-0.25, -0.2) is 0 Å². The van der Waals surface area contributed by atoms with Crippen molar-refractivity contribution in [3.63, 3.8) is 0 Å². The monoisotopic (exact) mass is 261 g/mol. The molecule has 2 bridgehead atoms. The second-order valence-electron chi connectivity index (χ2n) is 5.65. The topological polar surface area (TPSA) is 36.1 Å². The number of nitrogens with one attached hydrogen (secondary N) is 3. The zero-order chi connectivity index (χ0) is 13.7. The Bertz CT molecular complexity index is 325. The zero-order valence-corrected chi connectivity index (χ0v) is 11.8. The van der Waals surface area contributed by atoms with Gasteiger partial charge in [-0.15, -0.1) is 19.7 Å². The van der Waals surface area contributed by atoms with Crippen LogP contribution in [0.5, 0.6) is 0 Å². The fourth-order valence-electron chi connectivity index (χ4n) is 3.95. The van der Waals surface area contributed by atoms with Gasteiger partial charge in [-0.3, -0.25) is 10.6 Å². The van der Waals surface area contributed by atoms with Crippen LogP contribution in [0.2, 0.25) is 0 Å². The molecule has 2 aliphatic carbocycles. The Morgan fingerprint density at radius 3 is 2.16 bits per heavy atom. The average Bonchev–Trinajstić information content (AvgIpc) is 3.01. The second-order valence-corrected chi connectivity index (χ2v) is 5.65. The third-order valence-corrected chi connectivity index (χ3v) is 4.64. The molecule has 2 saturated carbocycles. The second kappa shape index (κ2) is 6.51. The van der Waals surface area contributed by atoms with Crippen LogP contribution in [0, 0.1) is 11.8 Å². The summed E-state index contributed by atoms with van der Waals surface area (Å²) in [5.41, 5.74) is -0.0195. The molecule has 0 spiro atoms. The minimum absolute atomic E-state index is 0.0195. The molecule has 0 saturated heterocycles. The van der Waals surface area contributed by atoms with Gasteiger partial charge in [0.1, 0.15) is 0 Å². The summed E-state index contributed by atoms with van der Waals surface area (Å²) in [6.45, 7) is 14.0. The van der Waals surface area contributed by atoms with Crippen LogP contribution in [0.25, 0.3) is 0 Å². The van der Waals surface area contributed by atoms with Crippen molar-refractivity contribution in [1.29, 1.82) is 0 Å². The average molecular weight is 261 g/mol. The van der Waals surface area contributed by atoms with Gasteiger partial charge in [0, 0.05) is 25.7 Å². The summed E-state index contributed by atoms with van der Waals surface area (Å²) in [7, 11) is 0. The molecule has 3 nitrogen and oxygen atoms in total. The number of hydrogen-bond donors (Lipinski definition) is 3. The van der Waals surface area contributed by atoms with Crippen molar-refractivity contribution in [2.45, 2.75) is 31.0 Å². The summed E-state index contributed by atoms with van der Waals surface area (Å²) in [5, 5.41) is 11.1. The summed E-state index contributed by atoms with van der Waals surface area (Å²) >= 11 is 0. The van der Waals surface area contributed by atoms with Gasteiger partial charge >= 0.3 is 0 Å². The van der Waals surface area contributed by atoms with E-state index in [0.717, 1.165) is 25.6 Å². The highest BCUT2D eigenvalue weighted by Crippen LogP contribution is 2.49. The van der Waals surface area contributed by atoms with Crippen LogP contribution in [0.4, 0.5) is 0 Å². The molecule has 3 heteroatoms. The molecule has 0 aromatic heterocycles. The summed E-state index contributed by atoms with van der Waals surface area (Å²) in [5.74, 6) is 1.46. The molecule has 2 aliphatic rings. The summed E-state index contributed by atoms with van der Waals surface area (Å²) in [4.78, 5) is 0. The number of hydrogen-bond acceptors (Lipinski definition) is 3. The first-order chi connectivity index (χ1) is 9.28. The van der Waals surface area contributed by atoms with E-state index >= 15 is 0 Å². The highest BCUT2D eigenvalue weighted by atomic mass is 15.3. The number of rotatable bonds is 9. The predicted octanol–water partition coefficient (Wildman–Crippen LogP) is 1.81. The molecule has 0 radical (unpaired) electrons. The fourth-order valence-corrected chi connectivity index (χ4v) is 3.95. The molecule has 19 heavy (non-hydrogen) atoms. The SMILES string of the molecule is C=CCNC1C2CCC(C2)C1(NCC=C)NCC=C. The maximum Gasteiger partial charge on any atom is 0.0881 e. The van der Waals surface area contributed by atoms with Crippen LogP contribution < -0.4 is 16.0 Å². The van der Waals surface area contributed by atoms with E-state index < -0.39 is 0 Å². The minimum Gasteiger partial charge on any atom is -0.307 e. The van der Waals surface area contributed by atoms with Crippen molar-refractivity contribution in [3.05, 3.63) is 38.0 Å². The molecule has 2 rings (SSSR count). The molecule has 0 aromatic rings. The van der Waals surface area contributed by atoms with Crippen molar-refractivity contribution in [2.24, 2.45) is 11.8 Å². The summed E-state index contributed by atoms with van der Waals surface area (Å²) in [6, 6.07) is 0.462. The van der Waals surface area contributed by atoms with Crippen LogP contribution in [0.15, 0.2) is 38.0 Å². The van der Waals surface area contributed by atoms with E-state index in [1.165, 1.54) is 19.3 Å². The van der Waals surface area contributed by atoms with Gasteiger partial charge in [0.2, 0.25) is 0 Å². The van der Waals surface area contributed by atoms with Gasteiger partial charge in [-0.2, -0.15) is 0 Å². The first kappa shape index (κ1) is 14.5. The van der Waals surface area contributed by atoms with Crippen LogP contribution in [-0.4, -0.2) is 31.3 Å². The Labute approximate surface area is 117 Å². The van der Waals surface area contributed by atoms with Gasteiger partial charge in [0.05, 0.1) is 5.66 Å². The molecule has 3 N–H and O–H groups in total. The highest BCUT2D eigenvalue weighted by Gasteiger charge is 2.57. The zero-order valence-electron chi connectivity index (χ0n) is 11.8. The van der Waals surface area contributed by atoms with Crippen molar-refractivity contribution in [1.82, 2.24) is 16.0 Å². The van der Waals surface area contributed by atoms with E-state index in [2.05, 4.69) is 35.7 Å². The Kier molecular flexibility index (Phi) is 4.97. The molecule has 0 amide bonds. The molecule has 3 unspecified atom stereocenters. The van der Waals surface area contributed by atoms with Crippen LogP contribution in [-0.2, 0) is 0 Å². The molecule has 0 aliphatic heterocycles. The Morgan fingerprint density at radius 2 is 1.58 bits per heavy atom. The third kappa shape index (κ3) is 2.69. The minimum atomic E-state index is -0.0195. The normalized spacial score (nSPS) is 31.3. The molecule has 106 valence electrons. The highest BCUT2D eigenvalue weighted by molar-refractivity contribution is 5.15. The van der Waals surface area contributed by atoms with Crippen LogP contribution in [0.3, 0.4) is 0 Å². The Balaban J connectivity index is 2.16. The number of fused-ring (bicyclic) bond motifs is 2. The van der Waals surface area contributed by atoms with E-state index in [1.54, 1.807) is 0 Å². The van der Waals surface area contributed by atoms with Gasteiger partial charge in [-0.1, -0.05) is 18.2 Å². The fraction of sp³-hybridized carbons (Fsp3) is 0.625. The first-order valence-corrected chi connectivity index (χ1v) is 7.34. The molecule has 3 atom stereocenters. The molecule has 2 fully saturated rings. The van der Waals surface area contributed by atoms with Crippen molar-refractivity contribution in [3.8, 4) is 0 Å². The van der Waals surface area contributed by atoms with Gasteiger partial charge in [0.15, 0.2) is 0 Å². The lowest BCUT2D eigenvalue weighted by Crippen LogP contribution is -2.70. The van der Waals surface area contributed by atoms with Crippen molar-refractivity contribution < 1.29 is 0 Å². The van der Waals surface area contributed by atoms with E-state index in [-0.39, 0.29) is 5.66 Å². The van der Waals surface area contributed by atoms with Gasteiger partial charge in [0.25, 0.3) is 0 Å². The maximum absolute atomic E-state index is 3.84. The Hall–Kier alpha value is -0.900. The van der Waals surface area contributed by atoms with Crippen molar-refractivity contribution >= 4 is 0 Å². The summed E-state index contributed by atoms with van der Waals surface area (Å²) < 4.78 is 0. The lowest BCUT2D eigenvalue weighted by atomic mass is 9.83. The lowest BCUT2D eigenvalue weighted by molar-refractivity contribution is 0.124. The predicted molar refractivity (Wildman–Crippen MR) is 81.9 cm³/mol.